The molecular weight excluding hydrogens is 218 g/mol. The summed E-state index contributed by atoms with van der Waals surface area (Å²) in [6.07, 6.45) is 1.03. The van der Waals surface area contributed by atoms with E-state index in [4.69, 9.17) is 4.74 Å². The zero-order chi connectivity index (χ0) is 13.4. The fourth-order valence-electron chi connectivity index (χ4n) is 2.31. The Bertz CT molecular complexity index is 299. The Morgan fingerprint density at radius 2 is 1.94 bits per heavy atom. The summed E-state index contributed by atoms with van der Waals surface area (Å²) in [5, 5.41) is 13.2. The normalized spacial score (nSPS) is 29.0. The highest BCUT2D eigenvalue weighted by molar-refractivity contribution is 5.72. The fourth-order valence-corrected chi connectivity index (χ4v) is 2.31. The predicted octanol–water partition coefficient (Wildman–Crippen LogP) is 2.55. The molecule has 1 fully saturated rings. The van der Waals surface area contributed by atoms with Gasteiger partial charge in [-0.05, 0) is 34.1 Å². The van der Waals surface area contributed by atoms with E-state index >= 15 is 0 Å². The highest BCUT2D eigenvalue weighted by atomic mass is 16.6. The minimum absolute atomic E-state index is 0.102. The third kappa shape index (κ3) is 2.63. The number of hydrogen-bond donors (Lipinski definition) is 0. The predicted molar refractivity (Wildman–Crippen MR) is 64.6 cm³/mol. The molecule has 4 nitrogen and oxygen atoms in total. The highest BCUT2D eigenvalue weighted by Gasteiger charge is 2.54. The minimum Gasteiger partial charge on any atom is -0.460 e. The summed E-state index contributed by atoms with van der Waals surface area (Å²) in [4.78, 5) is 11.8. The Hall–Kier alpha value is -0.610. The molecule has 2 unspecified atom stereocenters. The standard InChI is InChI=1S/C13H24NO3/c1-7-9(2)11(15)17-10-8-12(3,4)14(16)13(10,5)6/h9-10H,7-8H2,1-6H3. The Morgan fingerprint density at radius 1 is 1.41 bits per heavy atom. The van der Waals surface area contributed by atoms with Gasteiger partial charge in [-0.3, -0.25) is 4.79 Å². The number of ether oxygens (including phenoxy) is 1. The molecule has 1 aliphatic heterocycles. The van der Waals surface area contributed by atoms with E-state index < -0.39 is 11.1 Å². The van der Waals surface area contributed by atoms with Gasteiger partial charge in [0.1, 0.15) is 6.10 Å². The van der Waals surface area contributed by atoms with Gasteiger partial charge in [-0.1, -0.05) is 13.8 Å². The second kappa shape index (κ2) is 4.58. The molecule has 0 aromatic rings. The average molecular weight is 242 g/mol. The molecule has 0 saturated carbocycles. The summed E-state index contributed by atoms with van der Waals surface area (Å²) < 4.78 is 5.50. The van der Waals surface area contributed by atoms with Gasteiger partial charge in [0.15, 0.2) is 0 Å². The Morgan fingerprint density at radius 3 is 2.29 bits per heavy atom. The van der Waals surface area contributed by atoms with Gasteiger partial charge in [-0.15, -0.1) is 10.3 Å². The average Bonchev–Trinajstić information content (AvgIpc) is 2.38. The van der Waals surface area contributed by atoms with Gasteiger partial charge in [0, 0.05) is 12.0 Å². The lowest BCUT2D eigenvalue weighted by Gasteiger charge is -2.33. The van der Waals surface area contributed by atoms with E-state index in [9.17, 15) is 10.0 Å². The van der Waals surface area contributed by atoms with Crippen LogP contribution in [0.4, 0.5) is 0 Å². The third-order valence-corrected chi connectivity index (χ3v) is 3.82. The smallest absolute Gasteiger partial charge is 0.308 e. The molecular formula is C13H24NO3. The number of carbonyl (C=O) groups is 1. The largest absolute Gasteiger partial charge is 0.460 e. The zero-order valence-corrected chi connectivity index (χ0v) is 11.7. The molecule has 0 aromatic carbocycles. The number of carbonyl (C=O) groups excluding carboxylic acids is 1. The van der Waals surface area contributed by atoms with Crippen molar-refractivity contribution in [1.82, 2.24) is 5.06 Å². The monoisotopic (exact) mass is 242 g/mol. The topological polar surface area (TPSA) is 49.4 Å². The lowest BCUT2D eigenvalue weighted by atomic mass is 9.97. The molecule has 0 N–H and O–H groups in total. The molecule has 17 heavy (non-hydrogen) atoms. The molecule has 1 saturated heterocycles. The van der Waals surface area contributed by atoms with Crippen molar-refractivity contribution >= 4 is 5.97 Å². The molecule has 1 aliphatic rings. The van der Waals surface area contributed by atoms with E-state index in [1.165, 1.54) is 0 Å². The van der Waals surface area contributed by atoms with Crippen LogP contribution in [0.25, 0.3) is 0 Å². The molecule has 99 valence electrons. The van der Waals surface area contributed by atoms with Crippen molar-refractivity contribution in [2.45, 2.75) is 71.6 Å². The van der Waals surface area contributed by atoms with Crippen LogP contribution in [0.2, 0.25) is 0 Å². The van der Waals surface area contributed by atoms with Crippen molar-refractivity contribution in [3.8, 4) is 0 Å². The van der Waals surface area contributed by atoms with Gasteiger partial charge in [-0.25, -0.2) is 0 Å². The lowest BCUT2D eigenvalue weighted by Crippen LogP contribution is -2.48. The lowest BCUT2D eigenvalue weighted by molar-refractivity contribution is -0.252. The number of nitrogens with zero attached hydrogens (tertiary/aromatic N) is 1. The minimum atomic E-state index is -0.646. The number of hydrogen-bond acceptors (Lipinski definition) is 3. The SMILES string of the molecule is CCC(C)C(=O)OC1CC(C)(C)N([O])C1(C)C. The van der Waals surface area contributed by atoms with Crippen molar-refractivity contribution in [3.63, 3.8) is 0 Å². The second-order valence-corrected chi connectivity index (χ2v) is 6.20. The Kier molecular flexibility index (Phi) is 3.89. The fraction of sp³-hybridized carbons (Fsp3) is 0.923. The summed E-state index contributed by atoms with van der Waals surface area (Å²) in [5.41, 5.74) is -1.11. The molecule has 2 atom stereocenters. The maximum atomic E-state index is 12.1. The summed E-state index contributed by atoms with van der Waals surface area (Å²) in [6, 6.07) is 0. The summed E-state index contributed by atoms with van der Waals surface area (Å²) in [7, 11) is 0. The maximum absolute atomic E-state index is 12.1. The summed E-state index contributed by atoms with van der Waals surface area (Å²) >= 11 is 0. The molecule has 1 heterocycles. The van der Waals surface area contributed by atoms with E-state index in [0.717, 1.165) is 11.5 Å². The summed E-state index contributed by atoms with van der Waals surface area (Å²) in [5.74, 6) is -0.300. The first-order valence-corrected chi connectivity index (χ1v) is 6.31. The number of esters is 1. The van der Waals surface area contributed by atoms with E-state index in [1.54, 1.807) is 0 Å². The first-order chi connectivity index (χ1) is 7.63. The molecule has 0 spiro atoms. The van der Waals surface area contributed by atoms with Gasteiger partial charge in [0.25, 0.3) is 0 Å². The van der Waals surface area contributed by atoms with Crippen molar-refractivity contribution in [3.05, 3.63) is 0 Å². The van der Waals surface area contributed by atoms with Crippen LogP contribution in [-0.2, 0) is 14.7 Å². The zero-order valence-electron chi connectivity index (χ0n) is 11.7. The van der Waals surface area contributed by atoms with Crippen LogP contribution < -0.4 is 0 Å². The van der Waals surface area contributed by atoms with Crippen LogP contribution in [0.3, 0.4) is 0 Å². The van der Waals surface area contributed by atoms with Crippen molar-refractivity contribution < 1.29 is 14.7 Å². The maximum Gasteiger partial charge on any atom is 0.308 e. The van der Waals surface area contributed by atoms with E-state index in [1.807, 2.05) is 41.5 Å². The quantitative estimate of drug-likeness (QED) is 0.715. The van der Waals surface area contributed by atoms with Gasteiger partial charge in [-0.2, -0.15) is 0 Å². The van der Waals surface area contributed by atoms with Crippen LogP contribution in [-0.4, -0.2) is 28.2 Å². The van der Waals surface area contributed by atoms with E-state index in [-0.39, 0.29) is 18.0 Å². The number of hydroxylamine groups is 2. The number of rotatable bonds is 3. The van der Waals surface area contributed by atoms with Crippen LogP contribution in [0.15, 0.2) is 0 Å². The van der Waals surface area contributed by atoms with Crippen LogP contribution >= 0.6 is 0 Å². The van der Waals surface area contributed by atoms with Crippen molar-refractivity contribution in [2.24, 2.45) is 5.92 Å². The Balaban J connectivity index is 2.77. The highest BCUT2D eigenvalue weighted by Crippen LogP contribution is 2.41. The molecule has 1 radical (unpaired) electrons. The van der Waals surface area contributed by atoms with E-state index in [0.29, 0.717) is 6.42 Å². The van der Waals surface area contributed by atoms with Crippen LogP contribution in [0.5, 0.6) is 0 Å². The van der Waals surface area contributed by atoms with Crippen molar-refractivity contribution in [1.29, 1.82) is 0 Å². The molecule has 4 heteroatoms. The molecule has 0 aromatic heterocycles. The Labute approximate surface area is 104 Å². The van der Waals surface area contributed by atoms with Crippen molar-refractivity contribution in [2.75, 3.05) is 0 Å². The molecule has 0 aliphatic carbocycles. The van der Waals surface area contributed by atoms with E-state index in [2.05, 4.69) is 0 Å². The van der Waals surface area contributed by atoms with Gasteiger partial charge < -0.3 is 4.74 Å². The van der Waals surface area contributed by atoms with Crippen LogP contribution in [0.1, 0.15) is 54.4 Å². The second-order valence-electron chi connectivity index (χ2n) is 6.20. The van der Waals surface area contributed by atoms with Gasteiger partial charge in [0.05, 0.1) is 11.5 Å². The first-order valence-electron chi connectivity index (χ1n) is 6.31. The summed E-state index contributed by atoms with van der Waals surface area (Å²) in [6.45, 7) is 11.3. The molecule has 0 amide bonds. The van der Waals surface area contributed by atoms with Gasteiger partial charge >= 0.3 is 5.97 Å². The van der Waals surface area contributed by atoms with Crippen LogP contribution in [0, 0.1) is 5.92 Å². The molecule has 1 rings (SSSR count). The first kappa shape index (κ1) is 14.5. The molecule has 0 bridgehead atoms. The van der Waals surface area contributed by atoms with Gasteiger partial charge in [0.2, 0.25) is 0 Å². The third-order valence-electron chi connectivity index (χ3n) is 3.82.